The van der Waals surface area contributed by atoms with Crippen LogP contribution in [0.3, 0.4) is 0 Å². The van der Waals surface area contributed by atoms with Gasteiger partial charge in [-0.2, -0.15) is 5.10 Å². The first-order valence-electron chi connectivity index (χ1n) is 8.55. The zero-order chi connectivity index (χ0) is 17.6. The highest BCUT2D eigenvalue weighted by Gasteiger charge is 2.18. The Kier molecular flexibility index (Phi) is 6.29. The number of benzene rings is 1. The van der Waals surface area contributed by atoms with Gasteiger partial charge < -0.3 is 14.8 Å². The van der Waals surface area contributed by atoms with Crippen LogP contribution in [0.1, 0.15) is 30.5 Å². The second-order valence-corrected chi connectivity index (χ2v) is 6.64. The molecule has 1 aliphatic rings. The zero-order valence-corrected chi connectivity index (χ0v) is 15.1. The fraction of sp³-hybridized carbons (Fsp3) is 0.500. The van der Waals surface area contributed by atoms with Crippen LogP contribution in [0.2, 0.25) is 5.02 Å². The molecule has 25 heavy (non-hydrogen) atoms. The molecule has 2 heterocycles. The molecule has 0 amide bonds. The Morgan fingerprint density at radius 1 is 1.40 bits per heavy atom. The Hall–Kier alpha value is -1.63. The summed E-state index contributed by atoms with van der Waals surface area (Å²) >= 11 is 5.94. The summed E-state index contributed by atoms with van der Waals surface area (Å²) in [6.07, 6.45) is 3.43. The third kappa shape index (κ3) is 4.93. The standard InChI is InChI=1S/C18H23ClFN3O2/c1-21-10-15-9-18(23(22-15)11-16-4-2-3-7-24-16)25-12-13-8-14(19)5-6-17(13)20/h5-6,8-9,16,21H,2-4,7,10-12H2,1H3/t16-/m0/s1. The molecule has 2 aromatic rings. The number of nitrogens with one attached hydrogen (secondary N) is 1. The van der Waals surface area contributed by atoms with Crippen LogP contribution in [0.5, 0.6) is 5.88 Å². The normalized spacial score (nSPS) is 17.6. The molecule has 136 valence electrons. The lowest BCUT2D eigenvalue weighted by molar-refractivity contribution is 0.00229. The van der Waals surface area contributed by atoms with E-state index in [-0.39, 0.29) is 18.5 Å². The van der Waals surface area contributed by atoms with Gasteiger partial charge in [0.1, 0.15) is 12.4 Å². The lowest BCUT2D eigenvalue weighted by Crippen LogP contribution is -2.25. The molecule has 1 aliphatic heterocycles. The van der Waals surface area contributed by atoms with Crippen molar-refractivity contribution in [1.29, 1.82) is 0 Å². The summed E-state index contributed by atoms with van der Waals surface area (Å²) in [6.45, 7) is 2.17. The molecule has 0 spiro atoms. The van der Waals surface area contributed by atoms with Gasteiger partial charge in [-0.05, 0) is 44.5 Å². The van der Waals surface area contributed by atoms with Crippen LogP contribution in [0.25, 0.3) is 0 Å². The molecule has 5 nitrogen and oxygen atoms in total. The number of rotatable bonds is 7. The summed E-state index contributed by atoms with van der Waals surface area (Å²) in [5, 5.41) is 8.14. The number of ether oxygens (including phenoxy) is 2. The molecule has 0 radical (unpaired) electrons. The van der Waals surface area contributed by atoms with E-state index >= 15 is 0 Å². The minimum atomic E-state index is -0.332. The first kappa shape index (κ1) is 18.2. The second-order valence-electron chi connectivity index (χ2n) is 6.20. The van der Waals surface area contributed by atoms with Gasteiger partial charge in [-0.15, -0.1) is 0 Å². The Morgan fingerprint density at radius 2 is 2.28 bits per heavy atom. The van der Waals surface area contributed by atoms with E-state index in [2.05, 4.69) is 10.4 Å². The van der Waals surface area contributed by atoms with Gasteiger partial charge >= 0.3 is 0 Å². The van der Waals surface area contributed by atoms with Crippen molar-refractivity contribution in [2.45, 2.75) is 45.1 Å². The number of hydrogen-bond acceptors (Lipinski definition) is 4. The van der Waals surface area contributed by atoms with Crippen molar-refractivity contribution in [3.05, 3.63) is 46.4 Å². The van der Waals surface area contributed by atoms with E-state index in [1.807, 2.05) is 17.8 Å². The number of nitrogens with zero attached hydrogens (tertiary/aromatic N) is 2. The van der Waals surface area contributed by atoms with Crippen LogP contribution < -0.4 is 10.1 Å². The monoisotopic (exact) mass is 367 g/mol. The van der Waals surface area contributed by atoms with Crippen molar-refractivity contribution < 1.29 is 13.9 Å². The number of aromatic nitrogens is 2. The van der Waals surface area contributed by atoms with E-state index in [1.54, 1.807) is 6.07 Å². The summed E-state index contributed by atoms with van der Waals surface area (Å²) in [5.41, 5.74) is 1.30. The Labute approximate surface area is 152 Å². The highest BCUT2D eigenvalue weighted by molar-refractivity contribution is 6.30. The van der Waals surface area contributed by atoms with Gasteiger partial charge in [-0.1, -0.05) is 11.6 Å². The van der Waals surface area contributed by atoms with Crippen LogP contribution in [0, 0.1) is 5.82 Å². The summed E-state index contributed by atoms with van der Waals surface area (Å²) < 4.78 is 27.3. The Bertz CT molecular complexity index is 702. The molecule has 7 heteroatoms. The summed E-state index contributed by atoms with van der Waals surface area (Å²) in [4.78, 5) is 0. The van der Waals surface area contributed by atoms with E-state index in [9.17, 15) is 4.39 Å². The average Bonchev–Trinajstić information content (AvgIpc) is 2.98. The lowest BCUT2D eigenvalue weighted by atomic mass is 10.1. The minimum absolute atomic E-state index is 0.0998. The minimum Gasteiger partial charge on any atom is -0.473 e. The van der Waals surface area contributed by atoms with E-state index in [0.717, 1.165) is 25.1 Å². The van der Waals surface area contributed by atoms with Crippen molar-refractivity contribution in [3.63, 3.8) is 0 Å². The summed E-state index contributed by atoms with van der Waals surface area (Å²) in [6, 6.07) is 6.33. The van der Waals surface area contributed by atoms with Gasteiger partial charge in [-0.3, -0.25) is 0 Å². The van der Waals surface area contributed by atoms with Crippen LogP contribution in [-0.2, 0) is 24.4 Å². The smallest absolute Gasteiger partial charge is 0.212 e. The first-order valence-corrected chi connectivity index (χ1v) is 8.93. The molecule has 3 rings (SSSR count). The van der Waals surface area contributed by atoms with Gasteiger partial charge in [0, 0.05) is 29.8 Å². The maximum atomic E-state index is 13.9. The largest absolute Gasteiger partial charge is 0.473 e. The molecular formula is C18H23ClFN3O2. The molecular weight excluding hydrogens is 345 g/mol. The first-order chi connectivity index (χ1) is 12.2. The van der Waals surface area contributed by atoms with E-state index in [4.69, 9.17) is 21.1 Å². The molecule has 0 unspecified atom stereocenters. The highest BCUT2D eigenvalue weighted by atomic mass is 35.5. The van der Waals surface area contributed by atoms with Crippen LogP contribution in [0.15, 0.2) is 24.3 Å². The van der Waals surface area contributed by atoms with E-state index < -0.39 is 0 Å². The predicted molar refractivity (Wildman–Crippen MR) is 94.3 cm³/mol. The number of halogens is 2. The van der Waals surface area contributed by atoms with Crippen molar-refractivity contribution in [2.75, 3.05) is 13.7 Å². The molecule has 0 bridgehead atoms. The van der Waals surface area contributed by atoms with Gasteiger partial charge in [0.15, 0.2) is 0 Å². The Balaban J connectivity index is 1.72. The maximum absolute atomic E-state index is 13.9. The second kappa shape index (κ2) is 8.65. The van der Waals surface area contributed by atoms with Gasteiger partial charge in [0.2, 0.25) is 5.88 Å². The average molecular weight is 368 g/mol. The maximum Gasteiger partial charge on any atom is 0.212 e. The third-order valence-corrected chi connectivity index (χ3v) is 4.42. The van der Waals surface area contributed by atoms with Gasteiger partial charge in [0.05, 0.1) is 18.3 Å². The molecule has 1 aromatic carbocycles. The van der Waals surface area contributed by atoms with Crippen LogP contribution >= 0.6 is 11.6 Å². The van der Waals surface area contributed by atoms with Gasteiger partial charge in [0.25, 0.3) is 0 Å². The highest BCUT2D eigenvalue weighted by Crippen LogP contribution is 2.22. The fourth-order valence-electron chi connectivity index (χ4n) is 2.91. The van der Waals surface area contributed by atoms with Crippen molar-refractivity contribution in [2.24, 2.45) is 0 Å². The quantitative estimate of drug-likeness (QED) is 0.813. The van der Waals surface area contributed by atoms with Crippen LogP contribution in [-0.4, -0.2) is 29.5 Å². The van der Waals surface area contributed by atoms with Crippen molar-refractivity contribution >= 4 is 11.6 Å². The SMILES string of the molecule is CNCc1cc(OCc2cc(Cl)ccc2F)n(C[C@@H]2CCCCO2)n1. The van der Waals surface area contributed by atoms with Crippen molar-refractivity contribution in [3.8, 4) is 5.88 Å². The van der Waals surface area contributed by atoms with Crippen LogP contribution in [0.4, 0.5) is 4.39 Å². The summed E-state index contributed by atoms with van der Waals surface area (Å²) in [7, 11) is 1.87. The van der Waals surface area contributed by atoms with E-state index in [1.165, 1.54) is 18.6 Å². The molecule has 1 atom stereocenters. The number of hydrogen-bond donors (Lipinski definition) is 1. The zero-order valence-electron chi connectivity index (χ0n) is 14.3. The molecule has 1 N–H and O–H groups in total. The van der Waals surface area contributed by atoms with Crippen molar-refractivity contribution in [1.82, 2.24) is 15.1 Å². The molecule has 0 saturated carbocycles. The summed E-state index contributed by atoms with van der Waals surface area (Å²) in [5.74, 6) is 0.278. The molecule has 1 fully saturated rings. The molecule has 1 saturated heterocycles. The van der Waals surface area contributed by atoms with Gasteiger partial charge in [-0.25, -0.2) is 9.07 Å². The van der Waals surface area contributed by atoms with E-state index in [0.29, 0.717) is 29.6 Å². The third-order valence-electron chi connectivity index (χ3n) is 4.19. The Morgan fingerprint density at radius 3 is 3.04 bits per heavy atom. The molecule has 1 aromatic heterocycles. The fourth-order valence-corrected chi connectivity index (χ4v) is 3.11. The predicted octanol–water partition coefficient (Wildman–Crippen LogP) is 3.54. The topological polar surface area (TPSA) is 48.3 Å². The lowest BCUT2D eigenvalue weighted by Gasteiger charge is -2.23. The molecule has 0 aliphatic carbocycles.